The molecule has 1 heterocycles. The molecule has 148 valence electrons. The number of halogens is 1. The van der Waals surface area contributed by atoms with Crippen molar-refractivity contribution in [3.63, 3.8) is 0 Å². The fourth-order valence-corrected chi connectivity index (χ4v) is 3.49. The van der Waals surface area contributed by atoms with Gasteiger partial charge in [-0.05, 0) is 56.5 Å². The minimum atomic E-state index is -0.631. The Balaban J connectivity index is 1.51. The Bertz CT molecular complexity index is 833. The van der Waals surface area contributed by atoms with E-state index in [1.165, 1.54) is 0 Å². The lowest BCUT2D eigenvalue weighted by molar-refractivity contribution is -0.140. The minimum absolute atomic E-state index is 0.00846. The maximum atomic E-state index is 12.7. The molecule has 3 rings (SSSR count). The van der Waals surface area contributed by atoms with Crippen molar-refractivity contribution < 1.29 is 14.3 Å². The van der Waals surface area contributed by atoms with Gasteiger partial charge in [-0.15, -0.1) is 0 Å². The number of rotatable bonds is 5. The van der Waals surface area contributed by atoms with Crippen molar-refractivity contribution >= 4 is 29.1 Å². The van der Waals surface area contributed by atoms with Crippen LogP contribution >= 0.6 is 11.6 Å². The first-order valence-electron chi connectivity index (χ1n) is 9.51. The topological polar surface area (TPSA) is 58.6 Å². The largest absolute Gasteiger partial charge is 0.479 e. The molecule has 1 aliphatic heterocycles. The van der Waals surface area contributed by atoms with E-state index in [1.54, 1.807) is 17.9 Å². The molecule has 0 bridgehead atoms. The van der Waals surface area contributed by atoms with Crippen LogP contribution in [0.3, 0.4) is 0 Å². The molecule has 0 radical (unpaired) electrons. The minimum Gasteiger partial charge on any atom is -0.479 e. The summed E-state index contributed by atoms with van der Waals surface area (Å²) in [5, 5.41) is 3.43. The van der Waals surface area contributed by atoms with Crippen molar-refractivity contribution in [2.24, 2.45) is 5.92 Å². The highest BCUT2D eigenvalue weighted by Gasteiger charge is 2.30. The Morgan fingerprint density at radius 3 is 2.50 bits per heavy atom. The molecule has 1 N–H and O–H groups in total. The number of likely N-dealkylation sites (tertiary alicyclic amines) is 1. The number of nitrogens with one attached hydrogen (secondary N) is 1. The number of hydrogen-bond donors (Lipinski definition) is 1. The molecule has 1 aliphatic rings. The van der Waals surface area contributed by atoms with Gasteiger partial charge in [0.15, 0.2) is 6.10 Å². The van der Waals surface area contributed by atoms with E-state index in [0.29, 0.717) is 36.7 Å². The SMILES string of the molecule is Cc1ccc(Cl)c(OC(C)C(=O)N2CCC(C(=O)Nc3ccccc3)CC2)c1. The molecule has 2 aromatic rings. The van der Waals surface area contributed by atoms with Crippen LogP contribution in [0.4, 0.5) is 5.69 Å². The van der Waals surface area contributed by atoms with Crippen LogP contribution in [0.25, 0.3) is 0 Å². The molecular formula is C22H25ClN2O3. The van der Waals surface area contributed by atoms with Gasteiger partial charge in [-0.2, -0.15) is 0 Å². The Hall–Kier alpha value is -2.53. The average Bonchev–Trinajstić information content (AvgIpc) is 2.71. The van der Waals surface area contributed by atoms with Crippen molar-refractivity contribution in [3.8, 4) is 5.75 Å². The van der Waals surface area contributed by atoms with E-state index in [1.807, 2.05) is 49.4 Å². The van der Waals surface area contributed by atoms with Crippen molar-refractivity contribution in [1.82, 2.24) is 4.90 Å². The van der Waals surface area contributed by atoms with E-state index in [-0.39, 0.29) is 17.7 Å². The molecule has 28 heavy (non-hydrogen) atoms. The number of aryl methyl sites for hydroxylation is 1. The van der Waals surface area contributed by atoms with E-state index >= 15 is 0 Å². The standard InChI is InChI=1S/C22H25ClN2O3/c1-15-8-9-19(23)20(14-15)28-16(2)22(27)25-12-10-17(11-13-25)21(26)24-18-6-4-3-5-7-18/h3-9,14,16-17H,10-13H2,1-2H3,(H,24,26). The number of piperidine rings is 1. The quantitative estimate of drug-likeness (QED) is 0.814. The van der Waals surface area contributed by atoms with Crippen LogP contribution in [-0.2, 0) is 9.59 Å². The van der Waals surface area contributed by atoms with Crippen LogP contribution in [0.15, 0.2) is 48.5 Å². The van der Waals surface area contributed by atoms with Crippen molar-refractivity contribution in [1.29, 1.82) is 0 Å². The van der Waals surface area contributed by atoms with Crippen LogP contribution in [0.2, 0.25) is 5.02 Å². The fourth-order valence-electron chi connectivity index (χ4n) is 3.33. The zero-order valence-electron chi connectivity index (χ0n) is 16.2. The highest BCUT2D eigenvalue weighted by Crippen LogP contribution is 2.27. The van der Waals surface area contributed by atoms with E-state index in [9.17, 15) is 9.59 Å². The number of nitrogens with zero attached hydrogens (tertiary/aromatic N) is 1. The molecule has 0 saturated carbocycles. The summed E-state index contributed by atoms with van der Waals surface area (Å²) in [6.07, 6.45) is 0.652. The summed E-state index contributed by atoms with van der Waals surface area (Å²) >= 11 is 6.16. The van der Waals surface area contributed by atoms with Gasteiger partial charge in [-0.3, -0.25) is 9.59 Å². The van der Waals surface area contributed by atoms with Gasteiger partial charge in [0, 0.05) is 24.7 Å². The Morgan fingerprint density at radius 2 is 1.82 bits per heavy atom. The highest BCUT2D eigenvalue weighted by molar-refractivity contribution is 6.32. The lowest BCUT2D eigenvalue weighted by Crippen LogP contribution is -2.46. The van der Waals surface area contributed by atoms with Gasteiger partial charge in [0.25, 0.3) is 5.91 Å². The lowest BCUT2D eigenvalue weighted by atomic mass is 9.95. The van der Waals surface area contributed by atoms with E-state index in [0.717, 1.165) is 11.3 Å². The van der Waals surface area contributed by atoms with E-state index < -0.39 is 6.10 Å². The Morgan fingerprint density at radius 1 is 1.14 bits per heavy atom. The molecule has 0 spiro atoms. The monoisotopic (exact) mass is 400 g/mol. The number of carbonyl (C=O) groups excluding carboxylic acids is 2. The summed E-state index contributed by atoms with van der Waals surface area (Å²) in [7, 11) is 0. The first-order valence-corrected chi connectivity index (χ1v) is 9.89. The molecule has 1 saturated heterocycles. The third-order valence-electron chi connectivity index (χ3n) is 4.96. The van der Waals surface area contributed by atoms with Crippen LogP contribution < -0.4 is 10.1 Å². The Kier molecular flexibility index (Phi) is 6.57. The van der Waals surface area contributed by atoms with Gasteiger partial charge in [0.1, 0.15) is 5.75 Å². The van der Waals surface area contributed by atoms with Crippen molar-refractivity contribution in [3.05, 3.63) is 59.1 Å². The number of para-hydroxylation sites is 1. The predicted molar refractivity (Wildman–Crippen MR) is 111 cm³/mol. The van der Waals surface area contributed by atoms with Crippen LogP contribution in [0, 0.1) is 12.8 Å². The van der Waals surface area contributed by atoms with Gasteiger partial charge in [0.2, 0.25) is 5.91 Å². The normalized spacial score (nSPS) is 15.8. The second kappa shape index (κ2) is 9.11. The summed E-state index contributed by atoms with van der Waals surface area (Å²) in [6.45, 7) is 4.76. The van der Waals surface area contributed by atoms with Crippen LogP contribution in [-0.4, -0.2) is 35.9 Å². The second-order valence-electron chi connectivity index (χ2n) is 7.15. The molecule has 2 amide bonds. The molecule has 1 fully saturated rings. The molecule has 0 aromatic heterocycles. The van der Waals surface area contributed by atoms with Crippen molar-refractivity contribution in [2.45, 2.75) is 32.8 Å². The van der Waals surface area contributed by atoms with Crippen molar-refractivity contribution in [2.75, 3.05) is 18.4 Å². The second-order valence-corrected chi connectivity index (χ2v) is 7.56. The maximum Gasteiger partial charge on any atom is 0.263 e. The van der Waals surface area contributed by atoms with E-state index in [4.69, 9.17) is 16.3 Å². The average molecular weight is 401 g/mol. The first kappa shape index (κ1) is 20.2. The van der Waals surface area contributed by atoms with E-state index in [2.05, 4.69) is 5.32 Å². The summed E-state index contributed by atoms with van der Waals surface area (Å²) in [5.74, 6) is 0.347. The zero-order chi connectivity index (χ0) is 20.1. The number of benzene rings is 2. The molecule has 2 aromatic carbocycles. The third kappa shape index (κ3) is 5.04. The number of hydrogen-bond acceptors (Lipinski definition) is 3. The van der Waals surface area contributed by atoms with Gasteiger partial charge in [-0.1, -0.05) is 35.9 Å². The fraction of sp³-hybridized carbons (Fsp3) is 0.364. The first-order chi connectivity index (χ1) is 13.4. The number of ether oxygens (including phenoxy) is 1. The summed E-state index contributed by atoms with van der Waals surface area (Å²) in [4.78, 5) is 26.9. The van der Waals surface area contributed by atoms with Crippen LogP contribution in [0.5, 0.6) is 5.75 Å². The molecule has 1 atom stereocenters. The molecule has 5 nitrogen and oxygen atoms in total. The third-order valence-corrected chi connectivity index (χ3v) is 5.27. The number of anilines is 1. The predicted octanol–water partition coefficient (Wildman–Crippen LogP) is 4.29. The molecule has 1 unspecified atom stereocenters. The molecular weight excluding hydrogens is 376 g/mol. The van der Waals surface area contributed by atoms with Gasteiger partial charge < -0.3 is 15.0 Å². The zero-order valence-corrected chi connectivity index (χ0v) is 16.9. The Labute approximate surface area is 170 Å². The highest BCUT2D eigenvalue weighted by atomic mass is 35.5. The lowest BCUT2D eigenvalue weighted by Gasteiger charge is -2.33. The van der Waals surface area contributed by atoms with Gasteiger partial charge in [0.05, 0.1) is 5.02 Å². The van der Waals surface area contributed by atoms with Gasteiger partial charge in [-0.25, -0.2) is 0 Å². The number of carbonyl (C=O) groups is 2. The summed E-state index contributed by atoms with van der Waals surface area (Å²) < 4.78 is 5.79. The summed E-state index contributed by atoms with van der Waals surface area (Å²) in [5.41, 5.74) is 1.81. The van der Waals surface area contributed by atoms with Crippen LogP contribution in [0.1, 0.15) is 25.3 Å². The summed E-state index contributed by atoms with van der Waals surface area (Å²) in [6, 6.07) is 14.9. The molecule has 0 aliphatic carbocycles. The maximum absolute atomic E-state index is 12.7. The van der Waals surface area contributed by atoms with Gasteiger partial charge >= 0.3 is 0 Å². The smallest absolute Gasteiger partial charge is 0.263 e. The molecule has 6 heteroatoms. The number of amides is 2.